The van der Waals surface area contributed by atoms with E-state index in [-0.39, 0.29) is 12.3 Å². The summed E-state index contributed by atoms with van der Waals surface area (Å²) in [6, 6.07) is 9.58. The molecule has 0 atom stereocenters. The molecule has 0 aliphatic carbocycles. The van der Waals surface area contributed by atoms with E-state index in [0.29, 0.717) is 5.57 Å². The second kappa shape index (κ2) is 6.81. The third-order valence-electron chi connectivity index (χ3n) is 5.07. The minimum atomic E-state index is -0.881. The number of aliphatic carboxylic acids is 1. The fourth-order valence-corrected chi connectivity index (χ4v) is 3.68. The Bertz CT molecular complexity index is 1130. The van der Waals surface area contributed by atoms with E-state index in [1.54, 1.807) is 18.5 Å². The molecule has 1 amide bonds. The van der Waals surface area contributed by atoms with Gasteiger partial charge < -0.3 is 15.4 Å². The lowest BCUT2D eigenvalue weighted by Crippen LogP contribution is -2.04. The molecule has 0 spiro atoms. The van der Waals surface area contributed by atoms with Crippen molar-refractivity contribution in [2.45, 2.75) is 20.3 Å². The molecule has 28 heavy (non-hydrogen) atoms. The maximum absolute atomic E-state index is 12.7. The Morgan fingerprint density at radius 2 is 1.93 bits per heavy atom. The molecule has 0 saturated heterocycles. The molecule has 3 heterocycles. The average Bonchev–Trinajstić information content (AvgIpc) is 3.13. The number of amides is 1. The number of nitrogens with zero attached hydrogens (tertiary/aromatic N) is 1. The number of rotatable bonds is 4. The minimum Gasteiger partial charge on any atom is -0.481 e. The summed E-state index contributed by atoms with van der Waals surface area (Å²) in [6.45, 7) is 3.72. The highest BCUT2D eigenvalue weighted by Gasteiger charge is 2.28. The molecular weight excluding hydrogens is 354 g/mol. The second-order valence-electron chi connectivity index (χ2n) is 6.81. The van der Waals surface area contributed by atoms with Gasteiger partial charge in [-0.1, -0.05) is 12.1 Å². The largest absolute Gasteiger partial charge is 0.481 e. The van der Waals surface area contributed by atoms with Crippen LogP contribution in [-0.2, 0) is 16.0 Å². The molecule has 0 unspecified atom stereocenters. The van der Waals surface area contributed by atoms with Crippen molar-refractivity contribution in [1.29, 1.82) is 0 Å². The van der Waals surface area contributed by atoms with Gasteiger partial charge in [0.05, 0.1) is 12.0 Å². The van der Waals surface area contributed by atoms with Crippen LogP contribution in [0.3, 0.4) is 0 Å². The molecule has 6 heteroatoms. The number of benzene rings is 1. The van der Waals surface area contributed by atoms with Gasteiger partial charge in [0.15, 0.2) is 0 Å². The predicted molar refractivity (Wildman–Crippen MR) is 108 cm³/mol. The fourth-order valence-electron chi connectivity index (χ4n) is 3.68. The molecule has 0 fully saturated rings. The highest BCUT2D eigenvalue weighted by Crippen LogP contribution is 2.40. The number of pyridine rings is 1. The number of carbonyl (C=O) groups is 2. The SMILES string of the molecule is Cc1[nH]c(/C=C2\C(=O)Nc3cccc(-c4ccncc4)c32)c(C)c1CC(=O)O. The van der Waals surface area contributed by atoms with Gasteiger partial charge in [-0.05, 0) is 60.4 Å². The van der Waals surface area contributed by atoms with Crippen molar-refractivity contribution in [3.8, 4) is 11.1 Å². The van der Waals surface area contributed by atoms with Crippen molar-refractivity contribution < 1.29 is 14.7 Å². The van der Waals surface area contributed by atoms with E-state index in [2.05, 4.69) is 15.3 Å². The van der Waals surface area contributed by atoms with Crippen molar-refractivity contribution in [2.75, 3.05) is 5.32 Å². The van der Waals surface area contributed by atoms with Crippen molar-refractivity contribution >= 4 is 29.2 Å². The van der Waals surface area contributed by atoms with Crippen molar-refractivity contribution in [3.63, 3.8) is 0 Å². The maximum Gasteiger partial charge on any atom is 0.307 e. The molecule has 0 bridgehead atoms. The van der Waals surface area contributed by atoms with Crippen molar-refractivity contribution in [3.05, 3.63) is 70.8 Å². The van der Waals surface area contributed by atoms with E-state index in [0.717, 1.165) is 44.9 Å². The number of carbonyl (C=O) groups excluding carboxylic acids is 1. The molecular formula is C22H19N3O3. The zero-order valence-electron chi connectivity index (χ0n) is 15.5. The summed E-state index contributed by atoms with van der Waals surface area (Å²) < 4.78 is 0. The van der Waals surface area contributed by atoms with Crippen LogP contribution in [0.5, 0.6) is 0 Å². The van der Waals surface area contributed by atoms with Crippen LogP contribution in [0.25, 0.3) is 22.8 Å². The Kier molecular flexibility index (Phi) is 4.31. The van der Waals surface area contributed by atoms with Crippen LogP contribution in [0, 0.1) is 13.8 Å². The van der Waals surface area contributed by atoms with Gasteiger partial charge in [-0.25, -0.2) is 0 Å². The number of anilines is 1. The van der Waals surface area contributed by atoms with Crippen LogP contribution >= 0.6 is 0 Å². The van der Waals surface area contributed by atoms with Crippen LogP contribution < -0.4 is 5.32 Å². The summed E-state index contributed by atoms with van der Waals surface area (Å²) in [5, 5.41) is 12.1. The second-order valence-corrected chi connectivity index (χ2v) is 6.81. The van der Waals surface area contributed by atoms with Crippen LogP contribution in [0.15, 0.2) is 42.7 Å². The molecule has 0 radical (unpaired) electrons. The van der Waals surface area contributed by atoms with Crippen LogP contribution in [0.2, 0.25) is 0 Å². The summed E-state index contributed by atoms with van der Waals surface area (Å²) in [7, 11) is 0. The molecule has 1 aliphatic heterocycles. The van der Waals surface area contributed by atoms with E-state index < -0.39 is 5.97 Å². The van der Waals surface area contributed by atoms with E-state index in [1.807, 2.05) is 44.2 Å². The molecule has 1 aliphatic rings. The van der Waals surface area contributed by atoms with Gasteiger partial charge in [-0.3, -0.25) is 14.6 Å². The topological polar surface area (TPSA) is 95.1 Å². The first kappa shape index (κ1) is 17.7. The molecule has 6 nitrogen and oxygen atoms in total. The number of carboxylic acids is 1. The summed E-state index contributed by atoms with van der Waals surface area (Å²) in [6.07, 6.45) is 5.19. The lowest BCUT2D eigenvalue weighted by molar-refractivity contribution is -0.136. The van der Waals surface area contributed by atoms with Crippen molar-refractivity contribution in [1.82, 2.24) is 9.97 Å². The number of aromatic nitrogens is 2. The van der Waals surface area contributed by atoms with Gasteiger partial charge in [0.2, 0.25) is 0 Å². The number of H-pyrrole nitrogens is 1. The molecule has 140 valence electrons. The average molecular weight is 373 g/mol. The summed E-state index contributed by atoms with van der Waals surface area (Å²) in [5.74, 6) is -1.06. The number of aromatic amines is 1. The summed E-state index contributed by atoms with van der Waals surface area (Å²) in [5.41, 5.74) is 7.20. The number of nitrogens with one attached hydrogen (secondary N) is 2. The Morgan fingerprint density at radius 1 is 1.18 bits per heavy atom. The van der Waals surface area contributed by atoms with E-state index in [1.165, 1.54) is 0 Å². The number of aryl methyl sites for hydroxylation is 1. The molecule has 3 aromatic rings. The van der Waals surface area contributed by atoms with Gasteiger partial charge in [0.1, 0.15) is 0 Å². The minimum absolute atomic E-state index is 0.0532. The van der Waals surface area contributed by atoms with E-state index in [9.17, 15) is 9.59 Å². The van der Waals surface area contributed by atoms with Crippen LogP contribution in [0.4, 0.5) is 5.69 Å². The molecule has 0 saturated carbocycles. The smallest absolute Gasteiger partial charge is 0.307 e. The number of carboxylic acid groups (broad SMARTS) is 1. The maximum atomic E-state index is 12.7. The predicted octanol–water partition coefficient (Wildman–Crippen LogP) is 3.81. The number of fused-ring (bicyclic) bond motifs is 1. The van der Waals surface area contributed by atoms with Gasteiger partial charge in [-0.15, -0.1) is 0 Å². The van der Waals surface area contributed by atoms with Crippen molar-refractivity contribution in [2.24, 2.45) is 0 Å². The van der Waals surface area contributed by atoms with Gasteiger partial charge >= 0.3 is 5.97 Å². The Hall–Kier alpha value is -3.67. The Balaban J connectivity index is 1.86. The first-order valence-corrected chi connectivity index (χ1v) is 8.92. The van der Waals surface area contributed by atoms with E-state index in [4.69, 9.17) is 5.11 Å². The number of hydrogen-bond donors (Lipinski definition) is 3. The quantitative estimate of drug-likeness (QED) is 0.606. The first-order chi connectivity index (χ1) is 13.5. The Morgan fingerprint density at radius 3 is 2.64 bits per heavy atom. The molecule has 2 aromatic heterocycles. The van der Waals surface area contributed by atoms with Gasteiger partial charge in [0, 0.05) is 35.0 Å². The first-order valence-electron chi connectivity index (χ1n) is 8.92. The van der Waals surface area contributed by atoms with Crippen LogP contribution in [-0.4, -0.2) is 27.0 Å². The third-order valence-corrected chi connectivity index (χ3v) is 5.07. The lowest BCUT2D eigenvalue weighted by Gasteiger charge is -2.08. The summed E-state index contributed by atoms with van der Waals surface area (Å²) >= 11 is 0. The zero-order valence-corrected chi connectivity index (χ0v) is 15.5. The highest BCUT2D eigenvalue weighted by atomic mass is 16.4. The monoisotopic (exact) mass is 373 g/mol. The van der Waals surface area contributed by atoms with Gasteiger partial charge in [0.25, 0.3) is 5.91 Å². The molecule has 1 aromatic carbocycles. The highest BCUT2D eigenvalue weighted by molar-refractivity contribution is 6.36. The zero-order chi connectivity index (χ0) is 19.8. The standard InChI is InChI=1S/C22H19N3O3/c1-12-16(11-20(26)27)13(2)24-19(12)10-17-21-15(14-6-8-23-9-7-14)4-3-5-18(21)25-22(17)28/h3-10,24H,11H2,1-2H3,(H,25,28)(H,26,27)/b17-10-. The number of hydrogen-bond acceptors (Lipinski definition) is 3. The summed E-state index contributed by atoms with van der Waals surface area (Å²) in [4.78, 5) is 31.1. The normalized spacial score (nSPS) is 14.2. The van der Waals surface area contributed by atoms with Gasteiger partial charge in [-0.2, -0.15) is 0 Å². The molecule has 3 N–H and O–H groups in total. The fraction of sp³-hybridized carbons (Fsp3) is 0.136. The van der Waals surface area contributed by atoms with Crippen LogP contribution in [0.1, 0.15) is 28.1 Å². The Labute approximate surface area is 162 Å². The lowest BCUT2D eigenvalue weighted by atomic mass is 9.94. The molecule has 4 rings (SSSR count). The van der Waals surface area contributed by atoms with E-state index >= 15 is 0 Å². The third kappa shape index (κ3) is 2.99.